The first-order chi connectivity index (χ1) is 10.9. The van der Waals surface area contributed by atoms with E-state index in [2.05, 4.69) is 4.90 Å². The molecule has 1 aliphatic heterocycles. The first kappa shape index (κ1) is 15.7. The van der Waals surface area contributed by atoms with Crippen molar-refractivity contribution in [2.75, 3.05) is 18.0 Å². The highest BCUT2D eigenvalue weighted by molar-refractivity contribution is 5.48. The highest BCUT2D eigenvalue weighted by atomic mass is 19.4. The van der Waals surface area contributed by atoms with E-state index in [9.17, 15) is 18.3 Å². The first-order valence-corrected chi connectivity index (χ1v) is 7.64. The van der Waals surface area contributed by atoms with Crippen molar-refractivity contribution >= 4 is 5.69 Å². The van der Waals surface area contributed by atoms with E-state index in [1.807, 2.05) is 12.1 Å². The van der Waals surface area contributed by atoms with Crippen LogP contribution in [0.5, 0.6) is 5.75 Å². The zero-order valence-corrected chi connectivity index (χ0v) is 12.6. The zero-order chi connectivity index (χ0) is 16.4. The Hall–Kier alpha value is -2.17. The van der Waals surface area contributed by atoms with Gasteiger partial charge in [-0.25, -0.2) is 0 Å². The maximum Gasteiger partial charge on any atom is 0.416 e. The lowest BCUT2D eigenvalue weighted by Gasteiger charge is -2.34. The van der Waals surface area contributed by atoms with Gasteiger partial charge in [0.25, 0.3) is 0 Å². The van der Waals surface area contributed by atoms with Gasteiger partial charge in [0.1, 0.15) is 5.75 Å². The molecule has 3 rings (SSSR count). The molecule has 0 aromatic heterocycles. The topological polar surface area (TPSA) is 23.5 Å². The highest BCUT2D eigenvalue weighted by Gasteiger charge is 2.30. The van der Waals surface area contributed by atoms with Gasteiger partial charge < -0.3 is 10.0 Å². The summed E-state index contributed by atoms with van der Waals surface area (Å²) in [6.07, 6.45) is -2.39. The lowest BCUT2D eigenvalue weighted by molar-refractivity contribution is -0.137. The summed E-state index contributed by atoms with van der Waals surface area (Å²) >= 11 is 0. The molecule has 0 bridgehead atoms. The number of nitrogens with zero attached hydrogens (tertiary/aromatic N) is 1. The van der Waals surface area contributed by atoms with Crippen LogP contribution in [0.2, 0.25) is 0 Å². The van der Waals surface area contributed by atoms with Crippen molar-refractivity contribution in [3.05, 3.63) is 59.7 Å². The molecule has 2 aromatic rings. The third-order valence-electron chi connectivity index (χ3n) is 4.42. The van der Waals surface area contributed by atoms with Gasteiger partial charge in [-0.15, -0.1) is 0 Å². The smallest absolute Gasteiger partial charge is 0.416 e. The molecule has 0 unspecified atom stereocenters. The molecule has 2 nitrogen and oxygen atoms in total. The highest BCUT2D eigenvalue weighted by Crippen LogP contribution is 2.33. The minimum atomic E-state index is -4.29. The van der Waals surface area contributed by atoms with Gasteiger partial charge in [0, 0.05) is 18.8 Å². The van der Waals surface area contributed by atoms with Gasteiger partial charge in [0.05, 0.1) is 5.56 Å². The summed E-state index contributed by atoms with van der Waals surface area (Å²) in [5.41, 5.74) is 1.43. The molecule has 0 spiro atoms. The monoisotopic (exact) mass is 321 g/mol. The van der Waals surface area contributed by atoms with Crippen molar-refractivity contribution in [3.63, 3.8) is 0 Å². The largest absolute Gasteiger partial charge is 0.508 e. The standard InChI is InChI=1S/C18H18F3NO/c19-18(20,21)15-3-5-16(6-4-15)22-11-9-14(10-12-22)13-1-7-17(23)8-2-13/h1-8,14,23H,9-12H2. The minimum Gasteiger partial charge on any atom is -0.508 e. The van der Waals surface area contributed by atoms with Crippen LogP contribution in [0.15, 0.2) is 48.5 Å². The van der Waals surface area contributed by atoms with Crippen molar-refractivity contribution in [3.8, 4) is 5.75 Å². The molecule has 1 saturated heterocycles. The number of hydrogen-bond acceptors (Lipinski definition) is 2. The third kappa shape index (κ3) is 3.60. The van der Waals surface area contributed by atoms with Crippen LogP contribution in [0.4, 0.5) is 18.9 Å². The van der Waals surface area contributed by atoms with Crippen molar-refractivity contribution in [1.82, 2.24) is 0 Å². The zero-order valence-electron chi connectivity index (χ0n) is 12.6. The number of phenolic OH excluding ortho intramolecular Hbond substituents is 1. The Bertz CT molecular complexity index is 641. The first-order valence-electron chi connectivity index (χ1n) is 7.64. The van der Waals surface area contributed by atoms with Crippen LogP contribution >= 0.6 is 0 Å². The van der Waals surface area contributed by atoms with Crippen LogP contribution < -0.4 is 4.90 Å². The molecular formula is C18H18F3NO. The average molecular weight is 321 g/mol. The predicted molar refractivity (Wildman–Crippen MR) is 83.7 cm³/mol. The molecule has 0 amide bonds. The summed E-state index contributed by atoms with van der Waals surface area (Å²) in [6, 6.07) is 12.6. The van der Waals surface area contributed by atoms with Crippen LogP contribution in [0.1, 0.15) is 29.9 Å². The lowest BCUT2D eigenvalue weighted by Crippen LogP contribution is -2.32. The molecular weight excluding hydrogens is 303 g/mol. The fraction of sp³-hybridized carbons (Fsp3) is 0.333. The predicted octanol–water partition coefficient (Wildman–Crippen LogP) is 4.80. The molecule has 122 valence electrons. The van der Waals surface area contributed by atoms with Crippen LogP contribution in [-0.2, 0) is 6.18 Å². The number of halogens is 3. The number of hydrogen-bond donors (Lipinski definition) is 1. The third-order valence-corrected chi connectivity index (χ3v) is 4.42. The van der Waals surface area contributed by atoms with E-state index in [0.29, 0.717) is 5.92 Å². The fourth-order valence-corrected chi connectivity index (χ4v) is 3.08. The van der Waals surface area contributed by atoms with Gasteiger partial charge in [-0.2, -0.15) is 13.2 Å². The lowest BCUT2D eigenvalue weighted by atomic mass is 9.89. The number of rotatable bonds is 2. The Morgan fingerprint density at radius 3 is 1.96 bits per heavy atom. The van der Waals surface area contributed by atoms with Crippen molar-refractivity contribution in [1.29, 1.82) is 0 Å². The summed E-state index contributed by atoms with van der Waals surface area (Å²) in [5.74, 6) is 0.692. The number of alkyl halides is 3. The second-order valence-electron chi connectivity index (χ2n) is 5.90. The molecule has 0 aliphatic carbocycles. The summed E-state index contributed by atoms with van der Waals surface area (Å²) in [5, 5.41) is 9.34. The Balaban J connectivity index is 1.63. The van der Waals surface area contributed by atoms with Crippen molar-refractivity contribution < 1.29 is 18.3 Å². The molecule has 1 N–H and O–H groups in total. The van der Waals surface area contributed by atoms with Crippen LogP contribution in [0, 0.1) is 0 Å². The van der Waals surface area contributed by atoms with E-state index in [0.717, 1.165) is 43.8 Å². The Morgan fingerprint density at radius 2 is 1.43 bits per heavy atom. The fourth-order valence-electron chi connectivity index (χ4n) is 3.08. The SMILES string of the molecule is Oc1ccc(C2CCN(c3ccc(C(F)(F)F)cc3)CC2)cc1. The van der Waals surface area contributed by atoms with Crippen LogP contribution in [0.3, 0.4) is 0 Å². The molecule has 0 atom stereocenters. The van der Waals surface area contributed by atoms with E-state index < -0.39 is 11.7 Å². The van der Waals surface area contributed by atoms with E-state index in [4.69, 9.17) is 0 Å². The number of piperidine rings is 1. The average Bonchev–Trinajstić information content (AvgIpc) is 2.55. The maximum atomic E-state index is 12.6. The molecule has 1 fully saturated rings. The van der Waals surface area contributed by atoms with E-state index in [1.165, 1.54) is 5.56 Å². The quantitative estimate of drug-likeness (QED) is 0.859. The van der Waals surface area contributed by atoms with E-state index >= 15 is 0 Å². The Labute approximate surface area is 133 Å². The molecule has 0 saturated carbocycles. The molecule has 2 aromatic carbocycles. The Kier molecular flexibility index (Phi) is 4.20. The second-order valence-corrected chi connectivity index (χ2v) is 5.90. The number of aromatic hydroxyl groups is 1. The van der Waals surface area contributed by atoms with Gasteiger partial charge in [0.15, 0.2) is 0 Å². The van der Waals surface area contributed by atoms with Crippen LogP contribution in [-0.4, -0.2) is 18.2 Å². The summed E-state index contributed by atoms with van der Waals surface area (Å²) < 4.78 is 37.8. The van der Waals surface area contributed by atoms with Gasteiger partial charge in [-0.1, -0.05) is 12.1 Å². The van der Waals surface area contributed by atoms with E-state index in [-0.39, 0.29) is 5.75 Å². The second kappa shape index (κ2) is 6.14. The summed E-state index contributed by atoms with van der Waals surface area (Å²) in [4.78, 5) is 2.12. The van der Waals surface area contributed by atoms with Gasteiger partial charge in [0.2, 0.25) is 0 Å². The number of benzene rings is 2. The maximum absolute atomic E-state index is 12.6. The van der Waals surface area contributed by atoms with E-state index in [1.54, 1.807) is 24.3 Å². The normalized spacial score (nSPS) is 16.6. The number of anilines is 1. The molecule has 1 heterocycles. The number of phenols is 1. The minimum absolute atomic E-state index is 0.260. The summed E-state index contributed by atoms with van der Waals surface area (Å²) in [6.45, 7) is 1.63. The Morgan fingerprint density at radius 1 is 0.870 bits per heavy atom. The van der Waals surface area contributed by atoms with Gasteiger partial charge in [-0.05, 0) is 60.7 Å². The van der Waals surface area contributed by atoms with Crippen LogP contribution in [0.25, 0.3) is 0 Å². The summed E-state index contributed by atoms with van der Waals surface area (Å²) in [7, 11) is 0. The molecule has 23 heavy (non-hydrogen) atoms. The molecule has 5 heteroatoms. The van der Waals surface area contributed by atoms with Crippen molar-refractivity contribution in [2.24, 2.45) is 0 Å². The molecule has 0 radical (unpaired) electrons. The van der Waals surface area contributed by atoms with Gasteiger partial charge in [-0.3, -0.25) is 0 Å². The molecule has 1 aliphatic rings. The van der Waals surface area contributed by atoms with Gasteiger partial charge >= 0.3 is 6.18 Å². The van der Waals surface area contributed by atoms with Crippen molar-refractivity contribution in [2.45, 2.75) is 24.9 Å².